The van der Waals surface area contributed by atoms with Gasteiger partial charge in [-0.05, 0) is 79.6 Å². The Balaban J connectivity index is 1.56. The van der Waals surface area contributed by atoms with Gasteiger partial charge in [0.05, 0.1) is 0 Å². The fourth-order valence-corrected chi connectivity index (χ4v) is 3.02. The van der Waals surface area contributed by atoms with Gasteiger partial charge in [0.15, 0.2) is 5.58 Å². The molecule has 4 rings (SSSR count). The molecule has 0 radical (unpaired) electrons. The van der Waals surface area contributed by atoms with E-state index in [-0.39, 0.29) is 5.91 Å². The van der Waals surface area contributed by atoms with Crippen molar-refractivity contribution in [2.24, 2.45) is 0 Å². The average molecular weight is 377 g/mol. The van der Waals surface area contributed by atoms with Gasteiger partial charge in [-0.3, -0.25) is 4.79 Å². The van der Waals surface area contributed by atoms with E-state index in [1.165, 1.54) is 11.1 Å². The van der Waals surface area contributed by atoms with E-state index in [9.17, 15) is 4.79 Å². The quantitative estimate of drug-likeness (QED) is 0.475. The van der Waals surface area contributed by atoms with Crippen molar-refractivity contribution in [1.82, 2.24) is 4.98 Å². The van der Waals surface area contributed by atoms with Gasteiger partial charge in [0.1, 0.15) is 5.52 Å². The first-order valence-electron chi connectivity index (χ1n) is 8.55. The molecule has 0 atom stereocenters. The van der Waals surface area contributed by atoms with Gasteiger partial charge in [0, 0.05) is 21.8 Å². The van der Waals surface area contributed by atoms with Crippen LogP contribution >= 0.6 is 11.6 Å². The number of benzene rings is 3. The van der Waals surface area contributed by atoms with E-state index in [4.69, 9.17) is 16.0 Å². The number of hydrogen-bond acceptors (Lipinski definition) is 3. The lowest BCUT2D eigenvalue weighted by Crippen LogP contribution is -2.11. The normalized spacial score (nSPS) is 10.9. The first-order valence-corrected chi connectivity index (χ1v) is 8.92. The van der Waals surface area contributed by atoms with E-state index >= 15 is 0 Å². The highest BCUT2D eigenvalue weighted by atomic mass is 35.5. The Morgan fingerprint density at radius 2 is 1.74 bits per heavy atom. The number of fused-ring (bicyclic) bond motifs is 1. The Morgan fingerprint density at radius 3 is 2.48 bits per heavy atom. The molecular formula is C22H17ClN2O2. The maximum Gasteiger partial charge on any atom is 0.255 e. The molecule has 0 spiro atoms. The van der Waals surface area contributed by atoms with Crippen molar-refractivity contribution < 1.29 is 9.21 Å². The summed E-state index contributed by atoms with van der Waals surface area (Å²) in [4.78, 5) is 16.9. The van der Waals surface area contributed by atoms with Gasteiger partial charge in [-0.2, -0.15) is 0 Å². The van der Waals surface area contributed by atoms with Crippen LogP contribution in [0.3, 0.4) is 0 Å². The SMILES string of the molecule is Cc1cc2nc(-c3ccc(NC(=O)c4cccc(Cl)c4)cc3)oc2cc1C. The van der Waals surface area contributed by atoms with Crippen LogP contribution in [0, 0.1) is 13.8 Å². The standard InChI is InChI=1S/C22H17ClN2O2/c1-13-10-19-20(11-14(13)2)27-22(25-19)15-6-8-18(9-7-15)24-21(26)16-4-3-5-17(23)12-16/h3-12H,1-2H3,(H,24,26). The first-order chi connectivity index (χ1) is 13.0. The molecule has 0 aliphatic carbocycles. The third-order valence-electron chi connectivity index (χ3n) is 4.48. The molecule has 3 aromatic carbocycles. The maximum absolute atomic E-state index is 12.3. The van der Waals surface area contributed by atoms with Crippen LogP contribution in [0.5, 0.6) is 0 Å². The number of oxazole rings is 1. The van der Waals surface area contributed by atoms with E-state index < -0.39 is 0 Å². The van der Waals surface area contributed by atoms with Crippen molar-refractivity contribution in [2.45, 2.75) is 13.8 Å². The van der Waals surface area contributed by atoms with Crippen LogP contribution < -0.4 is 5.32 Å². The molecule has 0 unspecified atom stereocenters. The molecule has 1 aromatic heterocycles. The van der Waals surface area contributed by atoms with Crippen LogP contribution in [-0.4, -0.2) is 10.9 Å². The van der Waals surface area contributed by atoms with Crippen LogP contribution in [0.4, 0.5) is 5.69 Å². The van der Waals surface area contributed by atoms with Gasteiger partial charge in [0.25, 0.3) is 5.91 Å². The van der Waals surface area contributed by atoms with Crippen LogP contribution in [0.2, 0.25) is 5.02 Å². The van der Waals surface area contributed by atoms with Gasteiger partial charge in [-0.25, -0.2) is 4.98 Å². The van der Waals surface area contributed by atoms with Gasteiger partial charge >= 0.3 is 0 Å². The lowest BCUT2D eigenvalue weighted by atomic mass is 10.1. The van der Waals surface area contributed by atoms with E-state index in [0.29, 0.717) is 22.2 Å². The van der Waals surface area contributed by atoms with Gasteiger partial charge in [0.2, 0.25) is 5.89 Å². The molecule has 134 valence electrons. The van der Waals surface area contributed by atoms with Crippen LogP contribution in [-0.2, 0) is 0 Å². The summed E-state index contributed by atoms with van der Waals surface area (Å²) in [5.74, 6) is 0.348. The number of nitrogens with one attached hydrogen (secondary N) is 1. The van der Waals surface area contributed by atoms with E-state index in [2.05, 4.69) is 17.2 Å². The van der Waals surface area contributed by atoms with Crippen molar-refractivity contribution in [3.63, 3.8) is 0 Å². The molecule has 0 aliphatic rings. The minimum absolute atomic E-state index is 0.210. The average Bonchev–Trinajstić information content (AvgIpc) is 3.05. The topological polar surface area (TPSA) is 55.1 Å². The molecule has 0 saturated carbocycles. The summed E-state index contributed by atoms with van der Waals surface area (Å²) in [5, 5.41) is 3.38. The lowest BCUT2D eigenvalue weighted by Gasteiger charge is -2.06. The Morgan fingerprint density at radius 1 is 1.00 bits per heavy atom. The monoisotopic (exact) mass is 376 g/mol. The molecule has 4 aromatic rings. The van der Waals surface area contributed by atoms with E-state index in [1.807, 2.05) is 43.3 Å². The summed E-state index contributed by atoms with van der Waals surface area (Å²) in [7, 11) is 0. The summed E-state index contributed by atoms with van der Waals surface area (Å²) in [6.45, 7) is 4.11. The Bertz CT molecular complexity index is 1110. The van der Waals surface area contributed by atoms with E-state index in [1.54, 1.807) is 24.3 Å². The molecule has 0 fully saturated rings. The molecular weight excluding hydrogens is 360 g/mol. The second kappa shape index (κ2) is 6.89. The fraction of sp³-hybridized carbons (Fsp3) is 0.0909. The third kappa shape index (κ3) is 3.57. The lowest BCUT2D eigenvalue weighted by molar-refractivity contribution is 0.102. The van der Waals surface area contributed by atoms with Crippen molar-refractivity contribution in [3.8, 4) is 11.5 Å². The highest BCUT2D eigenvalue weighted by Gasteiger charge is 2.11. The fourth-order valence-electron chi connectivity index (χ4n) is 2.83. The zero-order valence-corrected chi connectivity index (χ0v) is 15.7. The smallest absolute Gasteiger partial charge is 0.255 e. The Kier molecular flexibility index (Phi) is 4.42. The summed E-state index contributed by atoms with van der Waals surface area (Å²) in [6.07, 6.45) is 0. The molecule has 0 saturated heterocycles. The van der Waals surface area contributed by atoms with Gasteiger partial charge in [-0.15, -0.1) is 0 Å². The summed E-state index contributed by atoms with van der Waals surface area (Å²) in [6, 6.07) is 18.2. The van der Waals surface area contributed by atoms with Crippen molar-refractivity contribution in [3.05, 3.63) is 82.4 Å². The second-order valence-electron chi connectivity index (χ2n) is 6.47. The Hall–Kier alpha value is -3.11. The van der Waals surface area contributed by atoms with Crippen LogP contribution in [0.25, 0.3) is 22.6 Å². The molecule has 0 aliphatic heterocycles. The number of anilines is 1. The van der Waals surface area contributed by atoms with Crippen molar-refractivity contribution in [1.29, 1.82) is 0 Å². The molecule has 5 heteroatoms. The number of aryl methyl sites for hydroxylation is 2. The summed E-state index contributed by atoms with van der Waals surface area (Å²) in [5.41, 5.74) is 6.01. The number of carbonyl (C=O) groups is 1. The summed E-state index contributed by atoms with van der Waals surface area (Å²) < 4.78 is 5.88. The van der Waals surface area contributed by atoms with Gasteiger partial charge in [-0.1, -0.05) is 17.7 Å². The summed E-state index contributed by atoms with van der Waals surface area (Å²) >= 11 is 5.94. The molecule has 1 amide bonds. The van der Waals surface area contributed by atoms with Crippen molar-refractivity contribution >= 4 is 34.3 Å². The molecule has 27 heavy (non-hydrogen) atoms. The molecule has 0 bridgehead atoms. The van der Waals surface area contributed by atoms with Crippen LogP contribution in [0.15, 0.2) is 65.1 Å². The molecule has 4 nitrogen and oxygen atoms in total. The number of amides is 1. The molecule has 1 heterocycles. The minimum Gasteiger partial charge on any atom is -0.436 e. The number of hydrogen-bond donors (Lipinski definition) is 1. The minimum atomic E-state index is -0.210. The number of rotatable bonds is 3. The maximum atomic E-state index is 12.3. The second-order valence-corrected chi connectivity index (χ2v) is 6.90. The van der Waals surface area contributed by atoms with E-state index in [0.717, 1.165) is 16.7 Å². The Labute approximate surface area is 161 Å². The first kappa shape index (κ1) is 17.3. The van der Waals surface area contributed by atoms with Crippen molar-refractivity contribution in [2.75, 3.05) is 5.32 Å². The zero-order chi connectivity index (χ0) is 19.0. The highest BCUT2D eigenvalue weighted by Crippen LogP contribution is 2.27. The largest absolute Gasteiger partial charge is 0.436 e. The number of halogens is 1. The number of aromatic nitrogens is 1. The predicted octanol–water partition coefficient (Wildman–Crippen LogP) is 6.02. The zero-order valence-electron chi connectivity index (χ0n) is 14.9. The van der Waals surface area contributed by atoms with Gasteiger partial charge < -0.3 is 9.73 Å². The predicted molar refractivity (Wildman–Crippen MR) is 108 cm³/mol. The molecule has 1 N–H and O–H groups in total. The number of carbonyl (C=O) groups excluding carboxylic acids is 1. The highest BCUT2D eigenvalue weighted by molar-refractivity contribution is 6.31. The third-order valence-corrected chi connectivity index (χ3v) is 4.72. The van der Waals surface area contributed by atoms with Crippen LogP contribution in [0.1, 0.15) is 21.5 Å². The number of nitrogens with zero attached hydrogens (tertiary/aromatic N) is 1.